The summed E-state index contributed by atoms with van der Waals surface area (Å²) in [6.07, 6.45) is 1.72. The molecule has 1 unspecified atom stereocenters. The van der Waals surface area contributed by atoms with E-state index in [2.05, 4.69) is 18.9 Å². The lowest BCUT2D eigenvalue weighted by Crippen LogP contribution is -2.39. The van der Waals surface area contributed by atoms with Crippen molar-refractivity contribution in [2.75, 3.05) is 13.1 Å². The van der Waals surface area contributed by atoms with Crippen molar-refractivity contribution in [3.8, 4) is 11.5 Å². The second kappa shape index (κ2) is 7.32. The van der Waals surface area contributed by atoms with Gasteiger partial charge in [0.1, 0.15) is 16.9 Å². The molecule has 1 aliphatic heterocycles. The number of piperidine rings is 1. The molecule has 1 amide bonds. The van der Waals surface area contributed by atoms with Gasteiger partial charge in [0.15, 0.2) is 0 Å². The van der Waals surface area contributed by atoms with E-state index < -0.39 is 0 Å². The Bertz CT molecular complexity index is 1170. The maximum absolute atomic E-state index is 13.1. The Morgan fingerprint density at radius 3 is 2.79 bits per heavy atom. The normalized spacial score (nSPS) is 17.0. The lowest BCUT2D eigenvalue weighted by molar-refractivity contribution is 0.0698. The standard InChI is InChI=1S/C20H16FN5O2S/c21-15-6-3-12(4-7-15)18-22-23-19(28-18)14-2-1-9-26(11-14)20(27)13-5-8-16-17(10-13)25-29-24-16/h3-8,10,14H,1-2,9,11H2. The maximum atomic E-state index is 13.1. The molecule has 9 heteroatoms. The predicted octanol–water partition coefficient (Wildman–Crippen LogP) is 3.90. The van der Waals surface area contributed by atoms with Crippen molar-refractivity contribution in [1.29, 1.82) is 0 Å². The Hall–Kier alpha value is -3.20. The Labute approximate surface area is 169 Å². The molecule has 1 aliphatic rings. The minimum absolute atomic E-state index is 0.0286. The lowest BCUT2D eigenvalue weighted by atomic mass is 9.97. The molecule has 0 spiro atoms. The van der Waals surface area contributed by atoms with Gasteiger partial charge in [0, 0.05) is 24.2 Å². The summed E-state index contributed by atoms with van der Waals surface area (Å²) >= 11 is 1.13. The number of fused-ring (bicyclic) bond motifs is 1. The van der Waals surface area contributed by atoms with Crippen molar-refractivity contribution in [1.82, 2.24) is 23.8 Å². The molecule has 0 aliphatic carbocycles. The van der Waals surface area contributed by atoms with Gasteiger partial charge in [0.25, 0.3) is 5.91 Å². The molecular formula is C20H16FN5O2S. The number of likely N-dealkylation sites (tertiary alicyclic amines) is 1. The third-order valence-electron chi connectivity index (χ3n) is 5.09. The number of carbonyl (C=O) groups excluding carboxylic acids is 1. The first kappa shape index (κ1) is 17.9. The lowest BCUT2D eigenvalue weighted by Gasteiger charge is -2.31. The molecule has 0 bridgehead atoms. The van der Waals surface area contributed by atoms with Gasteiger partial charge in [-0.3, -0.25) is 4.79 Å². The molecule has 0 radical (unpaired) electrons. The summed E-state index contributed by atoms with van der Waals surface area (Å²) in [7, 11) is 0. The number of amides is 1. The van der Waals surface area contributed by atoms with Crippen LogP contribution in [0.2, 0.25) is 0 Å². The number of benzene rings is 2. The van der Waals surface area contributed by atoms with Gasteiger partial charge in [-0.1, -0.05) is 0 Å². The molecule has 1 saturated heterocycles. The van der Waals surface area contributed by atoms with Crippen molar-refractivity contribution in [2.24, 2.45) is 0 Å². The van der Waals surface area contributed by atoms with Gasteiger partial charge in [0.2, 0.25) is 11.8 Å². The third kappa shape index (κ3) is 3.49. The minimum Gasteiger partial charge on any atom is -0.420 e. The van der Waals surface area contributed by atoms with Gasteiger partial charge in [-0.05, 0) is 55.3 Å². The number of hydrogen-bond donors (Lipinski definition) is 0. The molecular weight excluding hydrogens is 393 g/mol. The van der Waals surface area contributed by atoms with Gasteiger partial charge in [-0.2, -0.15) is 8.75 Å². The average molecular weight is 409 g/mol. The molecule has 146 valence electrons. The van der Waals surface area contributed by atoms with E-state index in [1.54, 1.807) is 24.3 Å². The van der Waals surface area contributed by atoms with Crippen LogP contribution in [0.5, 0.6) is 0 Å². The number of hydrogen-bond acceptors (Lipinski definition) is 7. The predicted molar refractivity (Wildman–Crippen MR) is 105 cm³/mol. The zero-order chi connectivity index (χ0) is 19.8. The van der Waals surface area contributed by atoms with E-state index in [-0.39, 0.29) is 17.6 Å². The van der Waals surface area contributed by atoms with E-state index in [0.29, 0.717) is 36.0 Å². The molecule has 2 aromatic heterocycles. The summed E-state index contributed by atoms with van der Waals surface area (Å²) < 4.78 is 27.3. The van der Waals surface area contributed by atoms with Crippen LogP contribution in [0.25, 0.3) is 22.5 Å². The van der Waals surface area contributed by atoms with Crippen LogP contribution in [0, 0.1) is 5.82 Å². The average Bonchev–Trinajstić information content (AvgIpc) is 3.43. The minimum atomic E-state index is -0.318. The zero-order valence-corrected chi connectivity index (χ0v) is 16.1. The van der Waals surface area contributed by atoms with Crippen molar-refractivity contribution in [2.45, 2.75) is 18.8 Å². The quantitative estimate of drug-likeness (QED) is 0.510. The van der Waals surface area contributed by atoms with Crippen molar-refractivity contribution >= 4 is 28.7 Å². The maximum Gasteiger partial charge on any atom is 0.253 e. The number of halogens is 1. The molecule has 1 atom stereocenters. The Morgan fingerprint density at radius 2 is 1.93 bits per heavy atom. The summed E-state index contributed by atoms with van der Waals surface area (Å²) in [5.74, 6) is 0.467. The largest absolute Gasteiger partial charge is 0.420 e. The molecule has 5 rings (SSSR count). The zero-order valence-electron chi connectivity index (χ0n) is 15.3. The van der Waals surface area contributed by atoms with Crippen LogP contribution in [0.3, 0.4) is 0 Å². The Kier molecular flexibility index (Phi) is 4.51. The van der Waals surface area contributed by atoms with Crippen molar-refractivity contribution in [3.63, 3.8) is 0 Å². The molecule has 3 heterocycles. The van der Waals surface area contributed by atoms with E-state index in [1.807, 2.05) is 11.0 Å². The first-order valence-electron chi connectivity index (χ1n) is 9.28. The molecule has 0 N–H and O–H groups in total. The van der Waals surface area contributed by atoms with Crippen molar-refractivity contribution < 1.29 is 13.6 Å². The SMILES string of the molecule is O=C(c1ccc2nsnc2c1)N1CCCC(c2nnc(-c3ccc(F)cc3)o2)C1. The van der Waals surface area contributed by atoms with Crippen molar-refractivity contribution in [3.05, 3.63) is 59.7 Å². The van der Waals surface area contributed by atoms with E-state index in [4.69, 9.17) is 4.42 Å². The van der Waals surface area contributed by atoms with Crippen LogP contribution < -0.4 is 0 Å². The van der Waals surface area contributed by atoms with Gasteiger partial charge >= 0.3 is 0 Å². The topological polar surface area (TPSA) is 85.0 Å². The summed E-state index contributed by atoms with van der Waals surface area (Å²) in [5, 5.41) is 8.26. The van der Waals surface area contributed by atoms with Crippen LogP contribution in [0.15, 0.2) is 46.9 Å². The highest BCUT2D eigenvalue weighted by molar-refractivity contribution is 7.00. The van der Waals surface area contributed by atoms with Gasteiger partial charge in [-0.15, -0.1) is 10.2 Å². The molecule has 1 fully saturated rings. The second-order valence-electron chi connectivity index (χ2n) is 7.01. The van der Waals surface area contributed by atoms with Crippen LogP contribution in [0.4, 0.5) is 4.39 Å². The Morgan fingerprint density at radius 1 is 1.10 bits per heavy atom. The van der Waals surface area contributed by atoms with Gasteiger partial charge < -0.3 is 9.32 Å². The Balaban J connectivity index is 1.34. The molecule has 4 aromatic rings. The van der Waals surface area contributed by atoms with Crippen LogP contribution in [-0.2, 0) is 0 Å². The summed E-state index contributed by atoms with van der Waals surface area (Å²) in [4.78, 5) is 14.8. The van der Waals surface area contributed by atoms with Gasteiger partial charge in [0.05, 0.1) is 17.6 Å². The van der Waals surface area contributed by atoms with Gasteiger partial charge in [-0.25, -0.2) is 4.39 Å². The highest BCUT2D eigenvalue weighted by atomic mass is 32.1. The fraction of sp³-hybridized carbons (Fsp3) is 0.250. The fourth-order valence-corrected chi connectivity index (χ4v) is 4.09. The highest BCUT2D eigenvalue weighted by Gasteiger charge is 2.29. The van der Waals surface area contributed by atoms with E-state index in [0.717, 1.165) is 35.6 Å². The molecule has 7 nitrogen and oxygen atoms in total. The number of rotatable bonds is 3. The smallest absolute Gasteiger partial charge is 0.253 e. The number of nitrogens with zero attached hydrogens (tertiary/aromatic N) is 5. The summed E-state index contributed by atoms with van der Waals surface area (Å²) in [6, 6.07) is 11.3. The van der Waals surface area contributed by atoms with Crippen LogP contribution in [-0.4, -0.2) is 42.8 Å². The monoisotopic (exact) mass is 409 g/mol. The van der Waals surface area contributed by atoms with Crippen LogP contribution in [0.1, 0.15) is 35.0 Å². The van der Waals surface area contributed by atoms with E-state index in [1.165, 1.54) is 12.1 Å². The number of aromatic nitrogens is 4. The van der Waals surface area contributed by atoms with Crippen LogP contribution >= 0.6 is 11.7 Å². The molecule has 29 heavy (non-hydrogen) atoms. The summed E-state index contributed by atoms with van der Waals surface area (Å²) in [6.45, 7) is 1.19. The molecule has 2 aromatic carbocycles. The summed E-state index contributed by atoms with van der Waals surface area (Å²) in [5.41, 5.74) is 2.79. The fourth-order valence-electron chi connectivity index (χ4n) is 3.57. The first-order valence-corrected chi connectivity index (χ1v) is 10.0. The molecule has 0 saturated carbocycles. The highest BCUT2D eigenvalue weighted by Crippen LogP contribution is 2.29. The first-order chi connectivity index (χ1) is 14.2. The number of carbonyl (C=O) groups is 1. The van der Waals surface area contributed by atoms with E-state index in [9.17, 15) is 9.18 Å². The van der Waals surface area contributed by atoms with E-state index >= 15 is 0 Å². The second-order valence-corrected chi connectivity index (χ2v) is 7.54. The third-order valence-corrected chi connectivity index (χ3v) is 5.65.